The Labute approximate surface area is 143 Å². The highest BCUT2D eigenvalue weighted by Crippen LogP contribution is 2.23. The minimum absolute atomic E-state index is 0.613. The van der Waals surface area contributed by atoms with E-state index in [-0.39, 0.29) is 0 Å². The summed E-state index contributed by atoms with van der Waals surface area (Å²) in [7, 11) is 0. The predicted molar refractivity (Wildman–Crippen MR) is 95.0 cm³/mol. The molecule has 0 N–H and O–H groups in total. The minimum atomic E-state index is 0.613. The summed E-state index contributed by atoms with van der Waals surface area (Å²) in [5.41, 5.74) is 1.07. The second kappa shape index (κ2) is 6.80. The molecule has 0 amide bonds. The Morgan fingerprint density at radius 3 is 2.96 bits per heavy atom. The number of piperidine rings is 1. The Balaban J connectivity index is 1.43. The van der Waals surface area contributed by atoms with Gasteiger partial charge in [0, 0.05) is 43.5 Å². The Morgan fingerprint density at radius 2 is 2.00 bits per heavy atom. The van der Waals surface area contributed by atoms with Crippen LogP contribution in [0.1, 0.15) is 25.7 Å². The van der Waals surface area contributed by atoms with E-state index in [0.717, 1.165) is 24.6 Å². The fraction of sp³-hybridized carbons (Fsp3) is 0.611. The Kier molecular flexibility index (Phi) is 4.56. The summed E-state index contributed by atoms with van der Waals surface area (Å²) < 4.78 is 2.26. The Hall–Kier alpha value is -1.10. The first-order chi connectivity index (χ1) is 11.3. The zero-order chi connectivity index (χ0) is 15.6. The molecule has 0 bridgehead atoms. The molecular formula is C18H25ClN4. The molecule has 0 saturated carbocycles. The molecule has 0 radical (unpaired) electrons. The van der Waals surface area contributed by atoms with Crippen LogP contribution in [-0.2, 0) is 6.54 Å². The van der Waals surface area contributed by atoms with E-state index in [0.29, 0.717) is 5.15 Å². The highest BCUT2D eigenvalue weighted by molar-refractivity contribution is 6.33. The summed E-state index contributed by atoms with van der Waals surface area (Å²) in [6.45, 7) is 7.12. The highest BCUT2D eigenvalue weighted by atomic mass is 35.5. The molecule has 2 aromatic heterocycles. The standard InChI is InChI=1S/C18H25ClN4/c19-18-17-15(5-7-20-18)6-11-23(17)13-12-21-8-3-10-22-9-2-1-4-16(22)14-21/h5-7,11,16H,1-4,8-10,12-14H2. The smallest absolute Gasteiger partial charge is 0.153 e. The number of nitrogens with zero attached hydrogens (tertiary/aromatic N) is 4. The van der Waals surface area contributed by atoms with Crippen molar-refractivity contribution in [2.45, 2.75) is 38.3 Å². The lowest BCUT2D eigenvalue weighted by atomic mass is 10.0. The van der Waals surface area contributed by atoms with E-state index in [2.05, 4.69) is 31.6 Å². The van der Waals surface area contributed by atoms with Gasteiger partial charge in [-0.15, -0.1) is 0 Å². The van der Waals surface area contributed by atoms with Gasteiger partial charge >= 0.3 is 0 Å². The summed E-state index contributed by atoms with van der Waals surface area (Å²) >= 11 is 6.29. The monoisotopic (exact) mass is 332 g/mol. The van der Waals surface area contributed by atoms with Crippen LogP contribution in [0.4, 0.5) is 0 Å². The molecule has 0 spiro atoms. The van der Waals surface area contributed by atoms with Gasteiger partial charge < -0.3 is 4.57 Å². The molecule has 0 aliphatic carbocycles. The molecule has 4 nitrogen and oxygen atoms in total. The molecule has 23 heavy (non-hydrogen) atoms. The fourth-order valence-corrected chi connectivity index (χ4v) is 4.47. The Bertz CT molecular complexity index is 668. The van der Waals surface area contributed by atoms with Crippen molar-refractivity contribution in [2.24, 2.45) is 0 Å². The SMILES string of the molecule is Clc1nccc2ccn(CCN3CCCN4CCCCC4C3)c12. The Morgan fingerprint density at radius 1 is 1.09 bits per heavy atom. The third-order valence-electron chi connectivity index (χ3n) is 5.43. The van der Waals surface area contributed by atoms with Crippen molar-refractivity contribution < 1.29 is 0 Å². The van der Waals surface area contributed by atoms with E-state index >= 15 is 0 Å². The van der Waals surface area contributed by atoms with Gasteiger partial charge in [-0.2, -0.15) is 0 Å². The van der Waals surface area contributed by atoms with Crippen LogP contribution in [0.15, 0.2) is 24.5 Å². The minimum Gasteiger partial charge on any atom is -0.344 e. The number of pyridine rings is 1. The third-order valence-corrected chi connectivity index (χ3v) is 5.70. The van der Waals surface area contributed by atoms with Crippen molar-refractivity contribution >= 4 is 22.5 Å². The van der Waals surface area contributed by atoms with Gasteiger partial charge in [-0.1, -0.05) is 18.0 Å². The molecule has 1 unspecified atom stereocenters. The zero-order valence-corrected chi connectivity index (χ0v) is 14.4. The largest absolute Gasteiger partial charge is 0.344 e. The molecular weight excluding hydrogens is 308 g/mol. The van der Waals surface area contributed by atoms with Crippen molar-refractivity contribution in [3.63, 3.8) is 0 Å². The number of fused-ring (bicyclic) bond motifs is 2. The van der Waals surface area contributed by atoms with Gasteiger partial charge in [0.15, 0.2) is 5.15 Å². The lowest BCUT2D eigenvalue weighted by Crippen LogP contribution is -2.44. The van der Waals surface area contributed by atoms with Gasteiger partial charge in [0.25, 0.3) is 0 Å². The van der Waals surface area contributed by atoms with Gasteiger partial charge in [0.05, 0.1) is 5.52 Å². The van der Waals surface area contributed by atoms with Gasteiger partial charge in [-0.3, -0.25) is 9.80 Å². The maximum atomic E-state index is 6.29. The predicted octanol–water partition coefficient (Wildman–Crippen LogP) is 3.25. The maximum Gasteiger partial charge on any atom is 0.153 e. The molecule has 2 aliphatic rings. The summed E-state index contributed by atoms with van der Waals surface area (Å²) in [5, 5.41) is 1.79. The molecule has 2 aromatic rings. The number of hydrogen-bond acceptors (Lipinski definition) is 3. The number of rotatable bonds is 3. The van der Waals surface area contributed by atoms with E-state index < -0.39 is 0 Å². The number of hydrogen-bond donors (Lipinski definition) is 0. The first-order valence-electron chi connectivity index (χ1n) is 8.87. The summed E-state index contributed by atoms with van der Waals surface area (Å²) in [6, 6.07) is 4.94. The van der Waals surface area contributed by atoms with Crippen LogP contribution in [0.3, 0.4) is 0 Å². The lowest BCUT2D eigenvalue weighted by Gasteiger charge is -2.35. The normalized spacial score (nSPS) is 23.8. The first-order valence-corrected chi connectivity index (χ1v) is 9.25. The van der Waals surface area contributed by atoms with Crippen LogP contribution in [0.2, 0.25) is 5.15 Å². The topological polar surface area (TPSA) is 24.3 Å². The quantitative estimate of drug-likeness (QED) is 0.806. The van der Waals surface area contributed by atoms with E-state index in [1.165, 1.54) is 57.2 Å². The first kappa shape index (κ1) is 15.4. The molecule has 2 fully saturated rings. The van der Waals surface area contributed by atoms with Crippen molar-refractivity contribution in [1.82, 2.24) is 19.4 Å². The molecule has 124 valence electrons. The fourth-order valence-electron chi connectivity index (χ4n) is 4.19. The molecule has 1 atom stereocenters. The van der Waals surface area contributed by atoms with Crippen molar-refractivity contribution in [1.29, 1.82) is 0 Å². The van der Waals surface area contributed by atoms with Gasteiger partial charge in [0.2, 0.25) is 0 Å². The number of aromatic nitrogens is 2. The average molecular weight is 333 g/mol. The van der Waals surface area contributed by atoms with Crippen molar-refractivity contribution in [3.05, 3.63) is 29.7 Å². The van der Waals surface area contributed by atoms with Crippen LogP contribution in [0.5, 0.6) is 0 Å². The van der Waals surface area contributed by atoms with Crippen LogP contribution >= 0.6 is 11.6 Å². The van der Waals surface area contributed by atoms with Crippen LogP contribution in [0.25, 0.3) is 10.9 Å². The molecule has 0 aromatic carbocycles. The highest BCUT2D eigenvalue weighted by Gasteiger charge is 2.26. The van der Waals surface area contributed by atoms with E-state index in [4.69, 9.17) is 11.6 Å². The second-order valence-corrected chi connectivity index (χ2v) is 7.25. The molecule has 4 rings (SSSR count). The van der Waals surface area contributed by atoms with Gasteiger partial charge in [-0.05, 0) is 51.0 Å². The van der Waals surface area contributed by atoms with E-state index in [9.17, 15) is 0 Å². The average Bonchev–Trinajstić information content (AvgIpc) is 2.87. The van der Waals surface area contributed by atoms with Crippen molar-refractivity contribution in [2.75, 3.05) is 32.7 Å². The second-order valence-electron chi connectivity index (χ2n) is 6.89. The lowest BCUT2D eigenvalue weighted by molar-refractivity contribution is 0.136. The summed E-state index contributed by atoms with van der Waals surface area (Å²) in [4.78, 5) is 9.59. The molecule has 4 heterocycles. The van der Waals surface area contributed by atoms with E-state index in [1.54, 1.807) is 6.20 Å². The van der Waals surface area contributed by atoms with Crippen LogP contribution in [-0.4, -0.2) is 58.1 Å². The molecule has 2 saturated heterocycles. The van der Waals surface area contributed by atoms with E-state index in [1.807, 2.05) is 6.07 Å². The van der Waals surface area contributed by atoms with Crippen LogP contribution in [0, 0.1) is 0 Å². The van der Waals surface area contributed by atoms with Crippen LogP contribution < -0.4 is 0 Å². The summed E-state index contributed by atoms with van der Waals surface area (Å²) in [5.74, 6) is 0. The van der Waals surface area contributed by atoms with Gasteiger partial charge in [0.1, 0.15) is 0 Å². The number of halogens is 1. The molecule has 2 aliphatic heterocycles. The molecule has 5 heteroatoms. The zero-order valence-electron chi connectivity index (χ0n) is 13.6. The third kappa shape index (κ3) is 3.25. The van der Waals surface area contributed by atoms with Crippen molar-refractivity contribution in [3.8, 4) is 0 Å². The van der Waals surface area contributed by atoms with Gasteiger partial charge in [-0.25, -0.2) is 4.98 Å². The summed E-state index contributed by atoms with van der Waals surface area (Å²) in [6.07, 6.45) is 9.38. The maximum absolute atomic E-state index is 6.29.